The summed E-state index contributed by atoms with van der Waals surface area (Å²) in [5.74, 6) is -1.08. The van der Waals surface area contributed by atoms with E-state index in [4.69, 9.17) is 5.11 Å². The van der Waals surface area contributed by atoms with E-state index in [1.807, 2.05) is 13.8 Å². The number of thioether (sulfide) groups is 1. The van der Waals surface area contributed by atoms with Crippen LogP contribution in [0.5, 0.6) is 0 Å². The van der Waals surface area contributed by atoms with Crippen LogP contribution in [-0.2, 0) is 10.0 Å². The van der Waals surface area contributed by atoms with Gasteiger partial charge in [-0.3, -0.25) is 0 Å². The van der Waals surface area contributed by atoms with Crippen LogP contribution in [0.4, 0.5) is 0 Å². The average molecular weight is 335 g/mol. The second-order valence-electron chi connectivity index (χ2n) is 4.96. The molecular formula is C12H17NO4S3. The molecule has 2 rings (SSSR count). The second kappa shape index (κ2) is 5.67. The molecule has 0 aromatic carbocycles. The first-order valence-corrected chi connectivity index (χ1v) is 9.41. The van der Waals surface area contributed by atoms with E-state index < -0.39 is 16.0 Å². The number of hydrogen-bond acceptors (Lipinski definition) is 5. The van der Waals surface area contributed by atoms with E-state index in [9.17, 15) is 13.2 Å². The molecule has 1 aliphatic rings. The van der Waals surface area contributed by atoms with E-state index >= 15 is 0 Å². The van der Waals surface area contributed by atoms with Crippen molar-refractivity contribution < 1.29 is 18.3 Å². The minimum absolute atomic E-state index is 0.0936. The summed E-state index contributed by atoms with van der Waals surface area (Å²) in [6.45, 7) is 6.57. The summed E-state index contributed by atoms with van der Waals surface area (Å²) >= 11 is 2.61. The summed E-state index contributed by atoms with van der Waals surface area (Å²) in [7, 11) is -3.59. The lowest BCUT2D eigenvalue weighted by molar-refractivity contribution is 0.0701. The first kappa shape index (κ1) is 15.8. The van der Waals surface area contributed by atoms with Crippen molar-refractivity contribution in [3.63, 3.8) is 0 Å². The number of sulfonamides is 1. The molecule has 1 aliphatic heterocycles. The molecule has 5 nitrogen and oxygen atoms in total. The number of aryl methyl sites for hydroxylation is 1. The number of hydrogen-bond donors (Lipinski definition) is 1. The van der Waals surface area contributed by atoms with Gasteiger partial charge in [0.2, 0.25) is 0 Å². The van der Waals surface area contributed by atoms with E-state index in [0.29, 0.717) is 18.7 Å². The van der Waals surface area contributed by atoms with Crippen molar-refractivity contribution in [2.24, 2.45) is 0 Å². The maximum absolute atomic E-state index is 12.6. The van der Waals surface area contributed by atoms with Gasteiger partial charge in [0.15, 0.2) is 0 Å². The lowest BCUT2D eigenvalue weighted by Gasteiger charge is -2.33. The van der Waals surface area contributed by atoms with Gasteiger partial charge in [-0.1, -0.05) is 13.8 Å². The number of carboxylic acid groups (broad SMARTS) is 1. The molecule has 0 spiro atoms. The lowest BCUT2D eigenvalue weighted by atomic mass is 10.3. The highest BCUT2D eigenvalue weighted by Gasteiger charge is 2.33. The van der Waals surface area contributed by atoms with Crippen LogP contribution in [0.3, 0.4) is 0 Å². The fraction of sp³-hybridized carbons (Fsp3) is 0.583. The third-order valence-corrected chi connectivity index (χ3v) is 7.80. The Kier molecular flexibility index (Phi) is 4.48. The van der Waals surface area contributed by atoms with Gasteiger partial charge in [-0.25, -0.2) is 13.2 Å². The molecule has 0 radical (unpaired) electrons. The number of nitrogens with zero attached hydrogens (tertiary/aromatic N) is 1. The Labute approximate surface area is 127 Å². The third-order valence-electron chi connectivity index (χ3n) is 3.07. The van der Waals surface area contributed by atoms with E-state index in [-0.39, 0.29) is 19.6 Å². The van der Waals surface area contributed by atoms with Crippen LogP contribution < -0.4 is 0 Å². The van der Waals surface area contributed by atoms with E-state index in [1.54, 1.807) is 18.7 Å². The van der Waals surface area contributed by atoms with Crippen molar-refractivity contribution in [3.8, 4) is 0 Å². The molecule has 2 atom stereocenters. The first-order valence-electron chi connectivity index (χ1n) is 6.21. The fourth-order valence-corrected chi connectivity index (χ4v) is 6.91. The van der Waals surface area contributed by atoms with Gasteiger partial charge in [0.05, 0.1) is 0 Å². The lowest BCUT2D eigenvalue weighted by Crippen LogP contribution is -2.43. The highest BCUT2D eigenvalue weighted by Crippen LogP contribution is 2.32. The van der Waals surface area contributed by atoms with Gasteiger partial charge in [0.25, 0.3) is 10.0 Å². The largest absolute Gasteiger partial charge is 0.477 e. The molecule has 2 heterocycles. The Bertz CT molecular complexity index is 613. The van der Waals surface area contributed by atoms with Crippen molar-refractivity contribution in [3.05, 3.63) is 16.5 Å². The van der Waals surface area contributed by atoms with Crippen LogP contribution in [0.2, 0.25) is 0 Å². The van der Waals surface area contributed by atoms with Crippen molar-refractivity contribution >= 4 is 39.1 Å². The van der Waals surface area contributed by atoms with Gasteiger partial charge in [0.1, 0.15) is 9.09 Å². The molecule has 112 valence electrons. The summed E-state index contributed by atoms with van der Waals surface area (Å²) in [6, 6.07) is 1.46. The summed E-state index contributed by atoms with van der Waals surface area (Å²) < 4.78 is 26.8. The number of carbonyl (C=O) groups is 1. The van der Waals surface area contributed by atoms with Gasteiger partial charge in [-0.15, -0.1) is 11.3 Å². The topological polar surface area (TPSA) is 74.7 Å². The minimum atomic E-state index is -3.59. The Hall–Kier alpha value is -0.570. The van der Waals surface area contributed by atoms with Crippen LogP contribution in [0.1, 0.15) is 29.1 Å². The van der Waals surface area contributed by atoms with Crippen molar-refractivity contribution in [1.82, 2.24) is 4.31 Å². The molecule has 1 saturated heterocycles. The number of carboxylic acids is 1. The van der Waals surface area contributed by atoms with Crippen molar-refractivity contribution in [2.45, 2.75) is 35.5 Å². The Balaban J connectivity index is 2.35. The van der Waals surface area contributed by atoms with Gasteiger partial charge >= 0.3 is 5.97 Å². The summed E-state index contributed by atoms with van der Waals surface area (Å²) in [6.07, 6.45) is 0. The smallest absolute Gasteiger partial charge is 0.346 e. The van der Waals surface area contributed by atoms with Crippen molar-refractivity contribution in [2.75, 3.05) is 13.1 Å². The molecule has 0 aliphatic carbocycles. The van der Waals surface area contributed by atoms with Gasteiger partial charge in [-0.2, -0.15) is 16.1 Å². The molecular weight excluding hydrogens is 318 g/mol. The minimum Gasteiger partial charge on any atom is -0.477 e. The number of aromatic carboxylic acids is 1. The number of thiophene rings is 1. The molecule has 20 heavy (non-hydrogen) atoms. The highest BCUT2D eigenvalue weighted by molar-refractivity contribution is 8.00. The molecule has 0 saturated carbocycles. The zero-order valence-electron chi connectivity index (χ0n) is 11.5. The molecule has 1 N–H and O–H groups in total. The van der Waals surface area contributed by atoms with Crippen LogP contribution in [-0.4, -0.2) is 47.4 Å². The predicted molar refractivity (Wildman–Crippen MR) is 81.3 cm³/mol. The van der Waals surface area contributed by atoms with Crippen molar-refractivity contribution in [1.29, 1.82) is 0 Å². The van der Waals surface area contributed by atoms with Gasteiger partial charge < -0.3 is 5.11 Å². The van der Waals surface area contributed by atoms with Gasteiger partial charge in [-0.05, 0) is 18.6 Å². The molecule has 0 bridgehead atoms. The van der Waals surface area contributed by atoms with E-state index in [0.717, 1.165) is 11.3 Å². The first-order chi connectivity index (χ1) is 9.21. The Morgan fingerprint density at radius 1 is 1.35 bits per heavy atom. The van der Waals surface area contributed by atoms with Crippen LogP contribution in [0.25, 0.3) is 0 Å². The standard InChI is InChI=1S/C12H17NO4S3/c1-7-4-10(19-11(7)12(14)15)20(16,17)13-5-8(2)18-9(3)6-13/h4,8-9H,5-6H2,1-3H3,(H,14,15). The summed E-state index contributed by atoms with van der Waals surface area (Å²) in [5.41, 5.74) is 0.494. The van der Waals surface area contributed by atoms with Crippen LogP contribution in [0.15, 0.2) is 10.3 Å². The van der Waals surface area contributed by atoms with Gasteiger partial charge in [0, 0.05) is 23.6 Å². The van der Waals surface area contributed by atoms with Crippen LogP contribution in [0, 0.1) is 6.92 Å². The maximum Gasteiger partial charge on any atom is 0.346 e. The van der Waals surface area contributed by atoms with Crippen LogP contribution >= 0.6 is 23.1 Å². The quantitative estimate of drug-likeness (QED) is 0.917. The fourth-order valence-electron chi connectivity index (χ4n) is 2.25. The summed E-state index contributed by atoms with van der Waals surface area (Å²) in [5, 5.41) is 9.53. The molecule has 8 heteroatoms. The Morgan fingerprint density at radius 3 is 2.35 bits per heavy atom. The predicted octanol–water partition coefficient (Wildman–Crippen LogP) is 2.27. The zero-order chi connectivity index (χ0) is 15.1. The monoisotopic (exact) mass is 335 g/mol. The maximum atomic E-state index is 12.6. The highest BCUT2D eigenvalue weighted by atomic mass is 32.2. The normalized spacial score (nSPS) is 24.8. The Morgan fingerprint density at radius 2 is 1.90 bits per heavy atom. The molecule has 1 fully saturated rings. The average Bonchev–Trinajstić information content (AvgIpc) is 2.70. The summed E-state index contributed by atoms with van der Waals surface area (Å²) in [4.78, 5) is 11.1. The SMILES string of the molecule is Cc1cc(S(=O)(=O)N2CC(C)SC(C)C2)sc1C(=O)O. The molecule has 1 aromatic rings. The molecule has 0 amide bonds. The molecule has 1 aromatic heterocycles. The zero-order valence-corrected chi connectivity index (χ0v) is 13.9. The van der Waals surface area contributed by atoms with E-state index in [1.165, 1.54) is 10.4 Å². The second-order valence-corrected chi connectivity index (χ2v) is 10.1. The molecule has 2 unspecified atom stereocenters. The van der Waals surface area contributed by atoms with E-state index in [2.05, 4.69) is 0 Å². The third kappa shape index (κ3) is 3.03. The number of rotatable bonds is 3.